The molecule has 0 aliphatic carbocycles. The lowest BCUT2D eigenvalue weighted by atomic mass is 9.94. The van der Waals surface area contributed by atoms with Gasteiger partial charge in [0.25, 0.3) is 5.91 Å². The van der Waals surface area contributed by atoms with E-state index < -0.39 is 27.6 Å². The van der Waals surface area contributed by atoms with E-state index in [2.05, 4.69) is 9.71 Å². The van der Waals surface area contributed by atoms with Crippen molar-refractivity contribution in [3.63, 3.8) is 0 Å². The third-order valence-electron chi connectivity index (χ3n) is 5.31. The Hall–Kier alpha value is -2.69. The first-order chi connectivity index (χ1) is 14.8. The molecular formula is C21H19F2N3O3S2. The molecule has 3 aromatic rings. The average molecular weight is 464 g/mol. The van der Waals surface area contributed by atoms with Gasteiger partial charge in [-0.3, -0.25) is 9.78 Å². The minimum Gasteiger partial charge on any atom is -0.334 e. The SMILES string of the molecule is Cc1ncc2c(c1CNS(=O)(=O)c1ccsc1)CCN(C(=O)c1cccc(F)c1F)C2. The largest absolute Gasteiger partial charge is 0.334 e. The standard InChI is InChI=1S/C21H19F2N3O3S2/c1-13-18(10-25-31(28,29)15-6-8-30-12-15)16-5-7-26(11-14(16)9-24-13)21(27)17-3-2-4-19(22)20(17)23/h2-4,6,8-9,12,25H,5,7,10-11H2,1H3. The monoisotopic (exact) mass is 463 g/mol. The molecule has 0 saturated carbocycles. The highest BCUT2D eigenvalue weighted by Crippen LogP contribution is 2.26. The number of fused-ring (bicyclic) bond motifs is 1. The third kappa shape index (κ3) is 4.23. The summed E-state index contributed by atoms with van der Waals surface area (Å²) in [6.07, 6.45) is 2.10. The minimum absolute atomic E-state index is 0.0760. The molecule has 0 unspecified atom stereocenters. The molecule has 0 saturated heterocycles. The van der Waals surface area contributed by atoms with Crippen molar-refractivity contribution >= 4 is 27.3 Å². The van der Waals surface area contributed by atoms with Crippen LogP contribution in [0.4, 0.5) is 8.78 Å². The summed E-state index contributed by atoms with van der Waals surface area (Å²) in [5.41, 5.74) is 2.83. The Morgan fingerprint density at radius 1 is 1.29 bits per heavy atom. The maximum atomic E-state index is 14.0. The second-order valence-electron chi connectivity index (χ2n) is 7.19. The van der Waals surface area contributed by atoms with Crippen molar-refractivity contribution in [2.75, 3.05) is 6.54 Å². The zero-order valence-corrected chi connectivity index (χ0v) is 18.2. The first-order valence-corrected chi connectivity index (χ1v) is 11.9. The predicted octanol–water partition coefficient (Wildman–Crippen LogP) is 3.41. The molecule has 1 aromatic carbocycles. The van der Waals surface area contributed by atoms with Crippen LogP contribution in [0, 0.1) is 18.6 Å². The van der Waals surface area contributed by atoms with Gasteiger partial charge in [-0.25, -0.2) is 21.9 Å². The third-order valence-corrected chi connectivity index (χ3v) is 7.54. The summed E-state index contributed by atoms with van der Waals surface area (Å²) in [6, 6.07) is 5.06. The van der Waals surface area contributed by atoms with Crippen LogP contribution in [0.2, 0.25) is 0 Å². The van der Waals surface area contributed by atoms with Gasteiger partial charge in [0.05, 0.1) is 10.5 Å². The van der Waals surface area contributed by atoms with Crippen LogP contribution >= 0.6 is 11.3 Å². The fourth-order valence-corrected chi connectivity index (χ4v) is 5.65. The van der Waals surface area contributed by atoms with E-state index >= 15 is 0 Å². The Balaban J connectivity index is 1.56. The van der Waals surface area contributed by atoms with Gasteiger partial charge in [-0.1, -0.05) is 6.07 Å². The molecule has 6 nitrogen and oxygen atoms in total. The molecule has 3 heterocycles. The number of nitrogens with one attached hydrogen (secondary N) is 1. The zero-order chi connectivity index (χ0) is 22.2. The lowest BCUT2D eigenvalue weighted by Crippen LogP contribution is -2.37. The number of halogens is 2. The molecule has 0 fully saturated rings. The van der Waals surface area contributed by atoms with Gasteiger partial charge in [-0.15, -0.1) is 0 Å². The van der Waals surface area contributed by atoms with Crippen molar-refractivity contribution in [2.45, 2.75) is 31.3 Å². The second-order valence-corrected chi connectivity index (χ2v) is 9.73. The van der Waals surface area contributed by atoms with Crippen LogP contribution in [0.3, 0.4) is 0 Å². The lowest BCUT2D eigenvalue weighted by molar-refractivity contribution is 0.0728. The molecule has 1 aliphatic rings. The molecule has 1 amide bonds. The molecule has 162 valence electrons. The topological polar surface area (TPSA) is 79.4 Å². The smallest absolute Gasteiger partial charge is 0.257 e. The van der Waals surface area contributed by atoms with Crippen molar-refractivity contribution in [2.24, 2.45) is 0 Å². The highest BCUT2D eigenvalue weighted by molar-refractivity contribution is 7.89. The molecule has 2 aromatic heterocycles. The van der Waals surface area contributed by atoms with E-state index in [1.54, 1.807) is 23.9 Å². The number of hydrogen-bond donors (Lipinski definition) is 1. The van der Waals surface area contributed by atoms with Crippen LogP contribution in [-0.4, -0.2) is 30.8 Å². The Labute approximate surface area is 182 Å². The summed E-state index contributed by atoms with van der Waals surface area (Å²) < 4.78 is 55.1. The molecule has 10 heteroatoms. The average Bonchev–Trinajstić information content (AvgIpc) is 3.30. The van der Waals surface area contributed by atoms with Crippen LogP contribution in [0.5, 0.6) is 0 Å². The van der Waals surface area contributed by atoms with Crippen molar-refractivity contribution in [1.82, 2.24) is 14.6 Å². The van der Waals surface area contributed by atoms with Crippen LogP contribution < -0.4 is 4.72 Å². The summed E-state index contributed by atoms with van der Waals surface area (Å²) >= 11 is 1.30. The summed E-state index contributed by atoms with van der Waals surface area (Å²) in [6.45, 7) is 2.36. The molecule has 1 aliphatic heterocycles. The van der Waals surface area contributed by atoms with E-state index in [1.165, 1.54) is 34.4 Å². The fraction of sp³-hybridized carbons (Fsp3) is 0.238. The summed E-state index contributed by atoms with van der Waals surface area (Å²) in [5.74, 6) is -2.83. The summed E-state index contributed by atoms with van der Waals surface area (Å²) in [4.78, 5) is 18.7. The summed E-state index contributed by atoms with van der Waals surface area (Å²) in [5, 5.41) is 3.25. The normalized spacial score (nSPS) is 13.8. The number of hydrogen-bond acceptors (Lipinski definition) is 5. The molecule has 4 rings (SSSR count). The molecule has 0 atom stereocenters. The Morgan fingerprint density at radius 3 is 2.84 bits per heavy atom. The van der Waals surface area contributed by atoms with Crippen molar-refractivity contribution in [3.8, 4) is 0 Å². The van der Waals surface area contributed by atoms with Gasteiger partial charge in [0, 0.05) is 36.9 Å². The molecule has 1 N–H and O–H groups in total. The number of rotatable bonds is 5. The number of sulfonamides is 1. The summed E-state index contributed by atoms with van der Waals surface area (Å²) in [7, 11) is -3.64. The van der Waals surface area contributed by atoms with E-state index in [0.717, 1.165) is 22.8 Å². The van der Waals surface area contributed by atoms with Gasteiger partial charge in [0.15, 0.2) is 11.6 Å². The number of thiophene rings is 1. The van der Waals surface area contributed by atoms with E-state index in [4.69, 9.17) is 0 Å². The molecule has 0 bridgehead atoms. The zero-order valence-electron chi connectivity index (χ0n) is 16.6. The maximum Gasteiger partial charge on any atom is 0.257 e. The van der Waals surface area contributed by atoms with Crippen LogP contribution in [-0.2, 0) is 29.5 Å². The second kappa shape index (κ2) is 8.45. The number of carbonyl (C=O) groups is 1. The van der Waals surface area contributed by atoms with E-state index in [9.17, 15) is 22.0 Å². The number of amides is 1. The van der Waals surface area contributed by atoms with Crippen molar-refractivity contribution in [1.29, 1.82) is 0 Å². The molecule has 31 heavy (non-hydrogen) atoms. The van der Waals surface area contributed by atoms with Gasteiger partial charge >= 0.3 is 0 Å². The maximum absolute atomic E-state index is 14.0. The number of benzene rings is 1. The molecular weight excluding hydrogens is 444 g/mol. The van der Waals surface area contributed by atoms with E-state index in [-0.39, 0.29) is 23.5 Å². The van der Waals surface area contributed by atoms with Gasteiger partial charge in [-0.2, -0.15) is 11.3 Å². The first-order valence-electron chi connectivity index (χ1n) is 9.49. The van der Waals surface area contributed by atoms with Crippen LogP contribution in [0.15, 0.2) is 46.1 Å². The van der Waals surface area contributed by atoms with Gasteiger partial charge < -0.3 is 4.90 Å². The van der Waals surface area contributed by atoms with Crippen LogP contribution in [0.25, 0.3) is 0 Å². The van der Waals surface area contributed by atoms with Crippen molar-refractivity contribution < 1.29 is 22.0 Å². The van der Waals surface area contributed by atoms with Crippen LogP contribution in [0.1, 0.15) is 32.7 Å². The van der Waals surface area contributed by atoms with E-state index in [1.807, 2.05) is 0 Å². The quantitative estimate of drug-likeness (QED) is 0.629. The number of aryl methyl sites for hydroxylation is 1. The Bertz CT molecular complexity index is 1250. The lowest BCUT2D eigenvalue weighted by Gasteiger charge is -2.30. The first kappa shape index (κ1) is 21.5. The van der Waals surface area contributed by atoms with Gasteiger partial charge in [0.2, 0.25) is 10.0 Å². The van der Waals surface area contributed by atoms with E-state index in [0.29, 0.717) is 18.7 Å². The Kier molecular flexibility index (Phi) is 5.87. The van der Waals surface area contributed by atoms with Crippen molar-refractivity contribution in [3.05, 3.63) is 80.8 Å². The number of aromatic nitrogens is 1. The predicted molar refractivity (Wildman–Crippen MR) is 112 cm³/mol. The number of carbonyl (C=O) groups excluding carboxylic acids is 1. The molecule has 0 spiro atoms. The number of nitrogens with zero attached hydrogens (tertiary/aromatic N) is 2. The molecule has 0 radical (unpaired) electrons. The van der Waals surface area contributed by atoms with Gasteiger partial charge in [0.1, 0.15) is 0 Å². The highest BCUT2D eigenvalue weighted by Gasteiger charge is 2.27. The highest BCUT2D eigenvalue weighted by atomic mass is 32.2. The fourth-order valence-electron chi connectivity index (χ4n) is 3.62. The Morgan fingerprint density at radius 2 is 2.10 bits per heavy atom. The van der Waals surface area contributed by atoms with Gasteiger partial charge in [-0.05, 0) is 53.6 Å². The minimum atomic E-state index is -3.64. The number of pyridine rings is 1.